The lowest BCUT2D eigenvalue weighted by atomic mass is 9.86. The molecule has 1 heteroatoms. The van der Waals surface area contributed by atoms with Gasteiger partial charge in [0.1, 0.15) is 0 Å². The normalized spacial score (nSPS) is 31.8. The Morgan fingerprint density at radius 2 is 1.75 bits per heavy atom. The fourth-order valence-electron chi connectivity index (χ4n) is 1.67. The summed E-state index contributed by atoms with van der Waals surface area (Å²) in [6, 6.07) is 0.469. The lowest BCUT2D eigenvalue weighted by Crippen LogP contribution is -2.25. The molecule has 0 amide bonds. The number of allylic oxidation sites excluding steroid dienone is 4. The molecule has 0 aromatic rings. The van der Waals surface area contributed by atoms with E-state index < -0.39 is 0 Å². The molecule has 0 aromatic heterocycles. The summed E-state index contributed by atoms with van der Waals surface area (Å²) in [5.74, 6) is 0.779. The van der Waals surface area contributed by atoms with Crippen LogP contribution in [0.3, 0.4) is 0 Å². The third-order valence-corrected chi connectivity index (χ3v) is 2.50. The van der Waals surface area contributed by atoms with Crippen molar-refractivity contribution in [2.45, 2.75) is 38.6 Å². The minimum atomic E-state index is 0.469. The zero-order valence-corrected chi connectivity index (χ0v) is 7.87. The first kappa shape index (κ1) is 9.53. The van der Waals surface area contributed by atoms with Crippen molar-refractivity contribution in [1.29, 1.82) is 0 Å². The Kier molecular flexibility index (Phi) is 4.09. The molecule has 1 aliphatic rings. The summed E-state index contributed by atoms with van der Waals surface area (Å²) in [4.78, 5) is 0. The third kappa shape index (κ3) is 3.22. The minimum Gasteiger partial charge on any atom is -0.328 e. The highest BCUT2D eigenvalue weighted by atomic mass is 14.6. The average Bonchev–Trinajstić information content (AvgIpc) is 2.09. The molecule has 1 fully saturated rings. The van der Waals surface area contributed by atoms with Gasteiger partial charge < -0.3 is 5.73 Å². The molecule has 0 unspecified atom stereocenters. The lowest BCUT2D eigenvalue weighted by molar-refractivity contribution is 0.375. The van der Waals surface area contributed by atoms with Crippen molar-refractivity contribution in [3.05, 3.63) is 24.3 Å². The molecule has 0 aromatic carbocycles. The largest absolute Gasteiger partial charge is 0.328 e. The van der Waals surface area contributed by atoms with E-state index in [2.05, 4.69) is 24.3 Å². The van der Waals surface area contributed by atoms with Crippen LogP contribution >= 0.6 is 0 Å². The second-order valence-electron chi connectivity index (χ2n) is 3.59. The summed E-state index contributed by atoms with van der Waals surface area (Å²) in [5.41, 5.74) is 5.81. The molecule has 1 rings (SSSR count). The number of hydrogen-bond acceptors (Lipinski definition) is 1. The maximum absolute atomic E-state index is 5.81. The van der Waals surface area contributed by atoms with Gasteiger partial charge in [0, 0.05) is 6.04 Å². The van der Waals surface area contributed by atoms with Crippen LogP contribution in [0.2, 0.25) is 0 Å². The van der Waals surface area contributed by atoms with Gasteiger partial charge in [0.05, 0.1) is 0 Å². The van der Waals surface area contributed by atoms with Gasteiger partial charge in [-0.3, -0.25) is 0 Å². The fourth-order valence-corrected chi connectivity index (χ4v) is 1.67. The monoisotopic (exact) mass is 165 g/mol. The second-order valence-corrected chi connectivity index (χ2v) is 3.59. The van der Waals surface area contributed by atoms with E-state index in [4.69, 9.17) is 5.73 Å². The Balaban J connectivity index is 2.25. The third-order valence-electron chi connectivity index (χ3n) is 2.50. The van der Waals surface area contributed by atoms with Crippen molar-refractivity contribution in [1.82, 2.24) is 0 Å². The molecule has 0 heterocycles. The summed E-state index contributed by atoms with van der Waals surface area (Å²) < 4.78 is 0. The molecule has 0 saturated heterocycles. The van der Waals surface area contributed by atoms with Gasteiger partial charge in [0.2, 0.25) is 0 Å². The van der Waals surface area contributed by atoms with E-state index in [1.165, 1.54) is 25.7 Å². The SMILES string of the molecule is C/C=C/C=CC1CCC(N)CC1. The van der Waals surface area contributed by atoms with Gasteiger partial charge in [-0.05, 0) is 38.5 Å². The van der Waals surface area contributed by atoms with Gasteiger partial charge in [-0.15, -0.1) is 0 Å². The summed E-state index contributed by atoms with van der Waals surface area (Å²) in [6.07, 6.45) is 13.6. The quantitative estimate of drug-likeness (QED) is 0.625. The van der Waals surface area contributed by atoms with E-state index in [9.17, 15) is 0 Å². The Morgan fingerprint density at radius 3 is 2.33 bits per heavy atom. The Bertz CT molecular complexity index is 162. The molecule has 2 N–H and O–H groups in total. The minimum absolute atomic E-state index is 0.469. The fraction of sp³-hybridized carbons (Fsp3) is 0.636. The van der Waals surface area contributed by atoms with Crippen molar-refractivity contribution in [2.75, 3.05) is 0 Å². The van der Waals surface area contributed by atoms with Gasteiger partial charge in [0.25, 0.3) is 0 Å². The molecule has 1 nitrogen and oxygen atoms in total. The van der Waals surface area contributed by atoms with Crippen molar-refractivity contribution in [2.24, 2.45) is 11.7 Å². The lowest BCUT2D eigenvalue weighted by Gasteiger charge is -2.23. The van der Waals surface area contributed by atoms with Gasteiger partial charge in [-0.1, -0.05) is 24.3 Å². The maximum Gasteiger partial charge on any atom is 0.00392 e. The summed E-state index contributed by atoms with van der Waals surface area (Å²) in [6.45, 7) is 2.04. The van der Waals surface area contributed by atoms with Crippen molar-refractivity contribution in [3.63, 3.8) is 0 Å². The molecule has 0 bridgehead atoms. The van der Waals surface area contributed by atoms with Gasteiger partial charge in [-0.25, -0.2) is 0 Å². The van der Waals surface area contributed by atoms with Crippen molar-refractivity contribution >= 4 is 0 Å². The zero-order chi connectivity index (χ0) is 8.81. The number of nitrogens with two attached hydrogens (primary N) is 1. The van der Waals surface area contributed by atoms with Crippen LogP contribution in [0.1, 0.15) is 32.6 Å². The maximum atomic E-state index is 5.81. The van der Waals surface area contributed by atoms with Crippen LogP contribution in [-0.4, -0.2) is 6.04 Å². The van der Waals surface area contributed by atoms with Gasteiger partial charge in [0.15, 0.2) is 0 Å². The smallest absolute Gasteiger partial charge is 0.00392 e. The molecule has 0 atom stereocenters. The topological polar surface area (TPSA) is 26.0 Å². The molecular weight excluding hydrogens is 146 g/mol. The predicted octanol–water partition coefficient (Wildman–Crippen LogP) is 2.64. The van der Waals surface area contributed by atoms with Crippen LogP contribution in [-0.2, 0) is 0 Å². The summed E-state index contributed by atoms with van der Waals surface area (Å²) in [7, 11) is 0. The van der Waals surface area contributed by atoms with Crippen molar-refractivity contribution in [3.8, 4) is 0 Å². The van der Waals surface area contributed by atoms with E-state index in [-0.39, 0.29) is 0 Å². The second kappa shape index (κ2) is 5.15. The zero-order valence-electron chi connectivity index (χ0n) is 7.87. The highest BCUT2D eigenvalue weighted by Gasteiger charge is 2.15. The Hall–Kier alpha value is -0.560. The van der Waals surface area contributed by atoms with E-state index in [0.717, 1.165) is 5.92 Å². The summed E-state index contributed by atoms with van der Waals surface area (Å²) >= 11 is 0. The van der Waals surface area contributed by atoms with Crippen molar-refractivity contribution < 1.29 is 0 Å². The van der Waals surface area contributed by atoms with Gasteiger partial charge >= 0.3 is 0 Å². The first-order valence-electron chi connectivity index (χ1n) is 4.88. The molecule has 12 heavy (non-hydrogen) atoms. The highest BCUT2D eigenvalue weighted by Crippen LogP contribution is 2.23. The molecule has 1 saturated carbocycles. The van der Waals surface area contributed by atoms with Crippen LogP contribution in [0.25, 0.3) is 0 Å². The van der Waals surface area contributed by atoms with Crippen LogP contribution in [0, 0.1) is 5.92 Å². The molecule has 0 aliphatic heterocycles. The Labute approximate surface area is 75.3 Å². The first-order chi connectivity index (χ1) is 5.83. The van der Waals surface area contributed by atoms with Crippen LogP contribution in [0.15, 0.2) is 24.3 Å². The number of hydrogen-bond donors (Lipinski definition) is 1. The van der Waals surface area contributed by atoms with Crippen LogP contribution in [0.5, 0.6) is 0 Å². The number of rotatable bonds is 2. The van der Waals surface area contributed by atoms with Gasteiger partial charge in [-0.2, -0.15) is 0 Å². The standard InChI is InChI=1S/C11H19N/c1-2-3-4-5-10-6-8-11(12)9-7-10/h2-5,10-11H,6-9,12H2,1H3/b3-2+,5-4?. The van der Waals surface area contributed by atoms with E-state index >= 15 is 0 Å². The molecular formula is C11H19N. The Morgan fingerprint density at radius 1 is 1.08 bits per heavy atom. The first-order valence-corrected chi connectivity index (χ1v) is 4.88. The van der Waals surface area contributed by atoms with Crippen LogP contribution < -0.4 is 5.73 Å². The summed E-state index contributed by atoms with van der Waals surface area (Å²) in [5, 5.41) is 0. The molecule has 0 radical (unpaired) electrons. The highest BCUT2D eigenvalue weighted by molar-refractivity contribution is 5.03. The molecule has 0 spiro atoms. The molecule has 68 valence electrons. The van der Waals surface area contributed by atoms with E-state index in [1.807, 2.05) is 6.92 Å². The molecule has 1 aliphatic carbocycles. The van der Waals surface area contributed by atoms with E-state index in [1.54, 1.807) is 0 Å². The van der Waals surface area contributed by atoms with E-state index in [0.29, 0.717) is 6.04 Å². The predicted molar refractivity (Wildman–Crippen MR) is 53.9 cm³/mol. The van der Waals surface area contributed by atoms with Crippen LogP contribution in [0.4, 0.5) is 0 Å². The average molecular weight is 165 g/mol.